The number of hydrogen-bond acceptors (Lipinski definition) is 4. The number of ether oxygens (including phenoxy) is 1. The Bertz CT molecular complexity index is 306. The molecule has 2 rings (SSSR count). The number of aromatic amines is 1. The lowest BCUT2D eigenvalue weighted by Gasteiger charge is -2.22. The van der Waals surface area contributed by atoms with Gasteiger partial charge in [0, 0.05) is 19.3 Å². The van der Waals surface area contributed by atoms with Crippen molar-refractivity contribution in [3.63, 3.8) is 0 Å². The Morgan fingerprint density at radius 2 is 2.67 bits per heavy atom. The van der Waals surface area contributed by atoms with Crippen molar-refractivity contribution < 1.29 is 9.53 Å². The molecular formula is C9H14N4O2. The van der Waals surface area contributed by atoms with Crippen LogP contribution < -0.4 is 10.6 Å². The minimum absolute atomic E-state index is 0.0863. The molecule has 2 heterocycles. The van der Waals surface area contributed by atoms with Crippen LogP contribution in [-0.4, -0.2) is 41.9 Å². The smallest absolute Gasteiger partial charge is 0.250 e. The minimum atomic E-state index is -0.373. The largest absolute Gasteiger partial charge is 0.366 e. The van der Waals surface area contributed by atoms with Crippen LogP contribution in [0.3, 0.4) is 0 Å². The van der Waals surface area contributed by atoms with Crippen LogP contribution in [0, 0.1) is 0 Å². The quantitative estimate of drug-likeness (QED) is 0.599. The highest BCUT2D eigenvalue weighted by atomic mass is 16.5. The number of hydrogen-bond donors (Lipinski definition) is 3. The van der Waals surface area contributed by atoms with Crippen molar-refractivity contribution in [1.82, 2.24) is 20.8 Å². The van der Waals surface area contributed by atoms with E-state index in [1.54, 1.807) is 6.20 Å². The first-order chi connectivity index (χ1) is 7.36. The third-order valence-corrected chi connectivity index (χ3v) is 2.23. The highest BCUT2D eigenvalue weighted by Gasteiger charge is 2.21. The van der Waals surface area contributed by atoms with Gasteiger partial charge in [-0.05, 0) is 6.07 Å². The summed E-state index contributed by atoms with van der Waals surface area (Å²) in [6.45, 7) is 2.43. The lowest BCUT2D eigenvalue weighted by molar-refractivity contribution is -0.134. The molecule has 1 saturated heterocycles. The third kappa shape index (κ3) is 2.77. The summed E-state index contributed by atoms with van der Waals surface area (Å²) in [7, 11) is 0. The maximum atomic E-state index is 11.6. The molecule has 1 atom stereocenters. The fraction of sp³-hybridized carbons (Fsp3) is 0.556. The summed E-state index contributed by atoms with van der Waals surface area (Å²) in [4.78, 5) is 11.6. The summed E-state index contributed by atoms with van der Waals surface area (Å²) in [5.74, 6) is -0.0863. The molecule has 0 radical (unpaired) electrons. The number of carbonyl (C=O) groups is 1. The Morgan fingerprint density at radius 1 is 1.73 bits per heavy atom. The first kappa shape index (κ1) is 10.1. The van der Waals surface area contributed by atoms with Crippen LogP contribution in [0.4, 0.5) is 0 Å². The normalized spacial score (nSPS) is 21.2. The molecule has 1 unspecified atom stereocenters. The number of rotatable bonds is 3. The van der Waals surface area contributed by atoms with Crippen LogP contribution in [0.15, 0.2) is 12.3 Å². The average Bonchev–Trinajstić information content (AvgIpc) is 2.80. The van der Waals surface area contributed by atoms with Gasteiger partial charge >= 0.3 is 0 Å². The molecule has 1 fully saturated rings. The standard InChI is InChI=1S/C9H14N4O2/c14-9(8-6-10-3-4-15-8)11-5-7-1-2-12-13-7/h1-2,8,10H,3-6H2,(H,11,14)(H,12,13). The van der Waals surface area contributed by atoms with E-state index < -0.39 is 0 Å². The molecular weight excluding hydrogens is 196 g/mol. The molecule has 1 aromatic rings. The number of carbonyl (C=O) groups excluding carboxylic acids is 1. The minimum Gasteiger partial charge on any atom is -0.366 e. The third-order valence-electron chi connectivity index (χ3n) is 2.23. The highest BCUT2D eigenvalue weighted by molar-refractivity contribution is 5.81. The average molecular weight is 210 g/mol. The van der Waals surface area contributed by atoms with Crippen LogP contribution >= 0.6 is 0 Å². The van der Waals surface area contributed by atoms with E-state index in [1.807, 2.05) is 6.07 Å². The van der Waals surface area contributed by atoms with Crippen molar-refractivity contribution in [2.45, 2.75) is 12.6 Å². The van der Waals surface area contributed by atoms with Gasteiger partial charge in [-0.3, -0.25) is 9.89 Å². The molecule has 6 heteroatoms. The number of nitrogens with one attached hydrogen (secondary N) is 3. The Labute approximate surface area is 87.4 Å². The van der Waals surface area contributed by atoms with Crippen molar-refractivity contribution in [3.05, 3.63) is 18.0 Å². The van der Waals surface area contributed by atoms with Crippen molar-refractivity contribution in [2.24, 2.45) is 0 Å². The summed E-state index contributed by atoms with van der Waals surface area (Å²) in [5.41, 5.74) is 0.882. The van der Waals surface area contributed by atoms with E-state index in [0.29, 0.717) is 19.7 Å². The number of aromatic nitrogens is 2. The first-order valence-electron chi connectivity index (χ1n) is 4.94. The Kier molecular flexibility index (Phi) is 3.31. The summed E-state index contributed by atoms with van der Waals surface area (Å²) < 4.78 is 5.31. The van der Waals surface area contributed by atoms with Gasteiger partial charge in [0.15, 0.2) is 0 Å². The molecule has 1 aromatic heterocycles. The molecule has 0 aliphatic carbocycles. The number of H-pyrrole nitrogens is 1. The molecule has 82 valence electrons. The topological polar surface area (TPSA) is 79.0 Å². The zero-order valence-electron chi connectivity index (χ0n) is 8.32. The van der Waals surface area contributed by atoms with E-state index in [-0.39, 0.29) is 12.0 Å². The summed E-state index contributed by atoms with van der Waals surface area (Å²) in [5, 5.41) is 12.4. The van der Waals surface area contributed by atoms with Gasteiger partial charge in [0.05, 0.1) is 18.8 Å². The maximum absolute atomic E-state index is 11.6. The molecule has 1 aliphatic heterocycles. The van der Waals surface area contributed by atoms with E-state index in [2.05, 4.69) is 20.8 Å². The molecule has 3 N–H and O–H groups in total. The van der Waals surface area contributed by atoms with E-state index in [0.717, 1.165) is 12.2 Å². The van der Waals surface area contributed by atoms with E-state index in [4.69, 9.17) is 4.74 Å². The first-order valence-corrected chi connectivity index (χ1v) is 4.94. The highest BCUT2D eigenvalue weighted by Crippen LogP contribution is 1.97. The van der Waals surface area contributed by atoms with E-state index in [1.165, 1.54) is 0 Å². The lowest BCUT2D eigenvalue weighted by atomic mass is 10.3. The molecule has 0 bridgehead atoms. The molecule has 1 aliphatic rings. The maximum Gasteiger partial charge on any atom is 0.250 e. The molecule has 6 nitrogen and oxygen atoms in total. The molecule has 0 spiro atoms. The van der Waals surface area contributed by atoms with Crippen molar-refractivity contribution >= 4 is 5.91 Å². The van der Waals surface area contributed by atoms with E-state index in [9.17, 15) is 4.79 Å². The van der Waals surface area contributed by atoms with Gasteiger partial charge in [-0.25, -0.2) is 0 Å². The second-order valence-electron chi connectivity index (χ2n) is 3.36. The number of morpholine rings is 1. The van der Waals surface area contributed by atoms with Crippen LogP contribution in [0.1, 0.15) is 5.69 Å². The lowest BCUT2D eigenvalue weighted by Crippen LogP contribution is -2.47. The second-order valence-corrected chi connectivity index (χ2v) is 3.36. The SMILES string of the molecule is O=C(NCc1ccn[nH]1)C1CNCCO1. The fourth-order valence-electron chi connectivity index (χ4n) is 1.41. The molecule has 0 aromatic carbocycles. The van der Waals surface area contributed by atoms with Gasteiger partial charge in [0.2, 0.25) is 0 Å². The predicted molar refractivity (Wildman–Crippen MR) is 53.0 cm³/mol. The summed E-state index contributed by atoms with van der Waals surface area (Å²) in [6.07, 6.45) is 1.28. The van der Waals surface area contributed by atoms with Crippen LogP contribution in [0.5, 0.6) is 0 Å². The van der Waals surface area contributed by atoms with Crippen LogP contribution in [0.2, 0.25) is 0 Å². The zero-order valence-corrected chi connectivity index (χ0v) is 8.32. The van der Waals surface area contributed by atoms with Crippen molar-refractivity contribution in [1.29, 1.82) is 0 Å². The predicted octanol–water partition coefficient (Wildman–Crippen LogP) is -0.986. The second kappa shape index (κ2) is 4.90. The fourth-order valence-corrected chi connectivity index (χ4v) is 1.41. The van der Waals surface area contributed by atoms with Crippen molar-refractivity contribution in [2.75, 3.05) is 19.7 Å². The zero-order chi connectivity index (χ0) is 10.5. The van der Waals surface area contributed by atoms with Gasteiger partial charge in [-0.1, -0.05) is 0 Å². The van der Waals surface area contributed by atoms with E-state index >= 15 is 0 Å². The Balaban J connectivity index is 1.76. The van der Waals surface area contributed by atoms with Crippen molar-refractivity contribution in [3.8, 4) is 0 Å². The van der Waals surface area contributed by atoms with Gasteiger partial charge in [0.25, 0.3) is 5.91 Å². The van der Waals surface area contributed by atoms with Gasteiger partial charge in [-0.2, -0.15) is 5.10 Å². The summed E-state index contributed by atoms with van der Waals surface area (Å²) >= 11 is 0. The van der Waals surface area contributed by atoms with Crippen LogP contribution in [-0.2, 0) is 16.1 Å². The van der Waals surface area contributed by atoms with Gasteiger partial charge < -0.3 is 15.4 Å². The van der Waals surface area contributed by atoms with Gasteiger partial charge in [0.1, 0.15) is 6.10 Å². The molecule has 0 saturated carbocycles. The van der Waals surface area contributed by atoms with Crippen LogP contribution in [0.25, 0.3) is 0 Å². The Morgan fingerprint density at radius 3 is 3.33 bits per heavy atom. The Hall–Kier alpha value is -1.40. The molecule has 1 amide bonds. The van der Waals surface area contributed by atoms with Gasteiger partial charge in [-0.15, -0.1) is 0 Å². The number of nitrogens with zero attached hydrogens (tertiary/aromatic N) is 1. The monoisotopic (exact) mass is 210 g/mol. The number of amides is 1. The molecule has 15 heavy (non-hydrogen) atoms. The summed E-state index contributed by atoms with van der Waals surface area (Å²) in [6, 6.07) is 1.82.